The van der Waals surface area contributed by atoms with Gasteiger partial charge >= 0.3 is 0 Å². The Morgan fingerprint density at radius 3 is 2.57 bits per heavy atom. The Balaban J connectivity index is 3.08. The van der Waals surface area contributed by atoms with Crippen LogP contribution in [0.5, 0.6) is 0 Å². The average molecular weight is 418 g/mol. The number of halogens is 2. The molecule has 21 heavy (non-hydrogen) atoms. The van der Waals surface area contributed by atoms with Crippen molar-refractivity contribution in [1.29, 1.82) is 0 Å². The summed E-state index contributed by atoms with van der Waals surface area (Å²) in [7, 11) is -5.07. The number of sulfonamides is 1. The second-order valence-corrected chi connectivity index (χ2v) is 8.92. The zero-order chi connectivity index (χ0) is 16.4. The van der Waals surface area contributed by atoms with Gasteiger partial charge in [0.2, 0.25) is 10.0 Å². The molecule has 0 saturated carbocycles. The third-order valence-electron chi connectivity index (χ3n) is 2.69. The monoisotopic (exact) mass is 416 g/mol. The summed E-state index contributed by atoms with van der Waals surface area (Å²) in [5, 5.41) is 7.46. The van der Waals surface area contributed by atoms with Gasteiger partial charge in [0.25, 0.3) is 5.91 Å². The van der Waals surface area contributed by atoms with Gasteiger partial charge in [0, 0.05) is 33.3 Å². The van der Waals surface area contributed by atoms with Crippen molar-refractivity contribution in [2.75, 3.05) is 12.8 Å². The fourth-order valence-electron chi connectivity index (χ4n) is 1.37. The molecule has 0 aliphatic rings. The molecular formula is C11H14BrClN2O4S2. The highest BCUT2D eigenvalue weighted by Crippen LogP contribution is 2.28. The van der Waals surface area contributed by atoms with Gasteiger partial charge in [-0.15, -0.1) is 0 Å². The lowest BCUT2D eigenvalue weighted by molar-refractivity contribution is 0.0954. The molecule has 0 saturated heterocycles. The van der Waals surface area contributed by atoms with E-state index in [4.69, 9.17) is 16.7 Å². The van der Waals surface area contributed by atoms with Crippen molar-refractivity contribution in [1.82, 2.24) is 5.32 Å². The van der Waals surface area contributed by atoms with Crippen molar-refractivity contribution >= 4 is 54.3 Å². The molecule has 0 heterocycles. The first-order valence-electron chi connectivity index (χ1n) is 5.66. The number of nitrogens with two attached hydrogens (primary N) is 1. The van der Waals surface area contributed by atoms with Crippen LogP contribution in [0.3, 0.4) is 0 Å². The van der Waals surface area contributed by atoms with Crippen molar-refractivity contribution in [3.8, 4) is 0 Å². The number of hydrogen-bond acceptors (Lipinski definition) is 4. The summed E-state index contributed by atoms with van der Waals surface area (Å²) in [4.78, 5) is 11.8. The van der Waals surface area contributed by atoms with E-state index in [0.717, 1.165) is 6.07 Å². The van der Waals surface area contributed by atoms with Gasteiger partial charge in [-0.3, -0.25) is 9.00 Å². The van der Waals surface area contributed by atoms with Crippen LogP contribution in [0.1, 0.15) is 17.3 Å². The van der Waals surface area contributed by atoms with Gasteiger partial charge < -0.3 is 5.32 Å². The maximum absolute atomic E-state index is 12.0. The summed E-state index contributed by atoms with van der Waals surface area (Å²) in [5.41, 5.74) is -0.0158. The number of benzene rings is 1. The van der Waals surface area contributed by atoms with Crippen LogP contribution in [0.2, 0.25) is 5.02 Å². The molecule has 0 aliphatic carbocycles. The van der Waals surface area contributed by atoms with E-state index in [2.05, 4.69) is 21.2 Å². The molecule has 1 rings (SSSR count). The van der Waals surface area contributed by atoms with E-state index in [1.807, 2.05) is 0 Å². The lowest BCUT2D eigenvalue weighted by Gasteiger charge is -2.12. The zero-order valence-corrected chi connectivity index (χ0v) is 15.2. The van der Waals surface area contributed by atoms with E-state index >= 15 is 0 Å². The zero-order valence-electron chi connectivity index (χ0n) is 11.2. The van der Waals surface area contributed by atoms with Gasteiger partial charge in [-0.2, -0.15) is 0 Å². The Hall–Kier alpha value is -0.480. The van der Waals surface area contributed by atoms with E-state index in [0.29, 0.717) is 0 Å². The molecule has 0 aliphatic heterocycles. The molecule has 1 aromatic rings. The summed E-state index contributed by atoms with van der Waals surface area (Å²) in [6.45, 7) is 1.90. The van der Waals surface area contributed by atoms with Crippen molar-refractivity contribution in [3.63, 3.8) is 0 Å². The minimum atomic E-state index is -3.99. The Labute approximate surface area is 139 Å². The predicted molar refractivity (Wildman–Crippen MR) is 86.4 cm³/mol. The average Bonchev–Trinajstić information content (AvgIpc) is 2.33. The number of amides is 1. The van der Waals surface area contributed by atoms with Crippen LogP contribution in [0, 0.1) is 0 Å². The third kappa shape index (κ3) is 5.03. The van der Waals surface area contributed by atoms with Gasteiger partial charge in [-0.25, -0.2) is 13.6 Å². The molecule has 0 radical (unpaired) electrons. The first-order chi connectivity index (χ1) is 9.54. The maximum Gasteiger partial charge on any atom is 0.252 e. The lowest BCUT2D eigenvalue weighted by atomic mass is 10.2. The SMILES string of the molecule is CC(CNC(=O)c1cc(S(N)(=O)=O)c(Br)cc1Cl)S(C)=O. The van der Waals surface area contributed by atoms with Crippen molar-refractivity contribution in [2.45, 2.75) is 17.1 Å². The van der Waals surface area contributed by atoms with Crippen LogP contribution in [0.4, 0.5) is 0 Å². The fourth-order valence-corrected chi connectivity index (χ4v) is 3.70. The van der Waals surface area contributed by atoms with E-state index in [1.165, 1.54) is 12.3 Å². The van der Waals surface area contributed by atoms with Crippen molar-refractivity contribution < 1.29 is 17.4 Å². The molecule has 0 aromatic heterocycles. The number of carbonyl (C=O) groups is 1. The summed E-state index contributed by atoms with van der Waals surface area (Å²) < 4.78 is 34.3. The van der Waals surface area contributed by atoms with Crippen LogP contribution in [-0.4, -0.2) is 36.6 Å². The van der Waals surface area contributed by atoms with E-state index in [1.54, 1.807) is 6.92 Å². The molecule has 2 unspecified atom stereocenters. The van der Waals surface area contributed by atoms with Crippen LogP contribution < -0.4 is 10.5 Å². The summed E-state index contributed by atoms with van der Waals surface area (Å²) in [6.07, 6.45) is 1.53. The van der Waals surface area contributed by atoms with E-state index in [9.17, 15) is 17.4 Å². The smallest absolute Gasteiger partial charge is 0.252 e. The van der Waals surface area contributed by atoms with Gasteiger partial charge in [-0.05, 0) is 35.0 Å². The van der Waals surface area contributed by atoms with Gasteiger partial charge in [0.15, 0.2) is 0 Å². The predicted octanol–water partition coefficient (Wildman–Crippen LogP) is 1.25. The highest BCUT2D eigenvalue weighted by molar-refractivity contribution is 9.10. The maximum atomic E-state index is 12.0. The normalized spacial score (nSPS) is 14.5. The third-order valence-corrected chi connectivity index (χ3v) is 6.17. The highest BCUT2D eigenvalue weighted by atomic mass is 79.9. The fraction of sp³-hybridized carbons (Fsp3) is 0.364. The molecule has 1 amide bonds. The topological polar surface area (TPSA) is 106 Å². The number of primary sulfonamides is 1. The second kappa shape index (κ2) is 7.19. The molecule has 0 bridgehead atoms. The Morgan fingerprint density at radius 2 is 2.10 bits per heavy atom. The minimum absolute atomic E-state index is 0.0158. The van der Waals surface area contributed by atoms with Gasteiger partial charge in [0.1, 0.15) is 0 Å². The molecule has 3 N–H and O–H groups in total. The molecule has 0 fully saturated rings. The molecule has 1 aromatic carbocycles. The van der Waals surface area contributed by atoms with Crippen LogP contribution in [0.15, 0.2) is 21.5 Å². The van der Waals surface area contributed by atoms with Crippen LogP contribution >= 0.6 is 27.5 Å². The van der Waals surface area contributed by atoms with Gasteiger partial charge in [0.05, 0.1) is 15.5 Å². The number of hydrogen-bond donors (Lipinski definition) is 2. The number of nitrogens with one attached hydrogen (secondary N) is 1. The molecule has 2 atom stereocenters. The standard InChI is InChI=1S/C11H14BrClN2O4S2/c1-6(20(2)17)5-15-11(16)7-3-10(21(14,18)19)8(12)4-9(7)13/h3-4,6H,5H2,1-2H3,(H,15,16)(H2,14,18,19). The molecular weight excluding hydrogens is 404 g/mol. The van der Waals surface area contributed by atoms with Crippen molar-refractivity contribution in [3.05, 3.63) is 27.2 Å². The van der Waals surface area contributed by atoms with Crippen LogP contribution in [0.25, 0.3) is 0 Å². The summed E-state index contributed by atoms with van der Waals surface area (Å²) in [5.74, 6) is -0.560. The molecule has 0 spiro atoms. The molecule has 6 nitrogen and oxygen atoms in total. The molecule has 118 valence electrons. The van der Waals surface area contributed by atoms with Crippen molar-refractivity contribution in [2.24, 2.45) is 5.14 Å². The summed E-state index contributed by atoms with van der Waals surface area (Å²) in [6, 6.07) is 2.39. The number of carbonyl (C=O) groups excluding carboxylic acids is 1. The highest BCUT2D eigenvalue weighted by Gasteiger charge is 2.20. The van der Waals surface area contributed by atoms with E-state index in [-0.39, 0.29) is 31.7 Å². The van der Waals surface area contributed by atoms with Crippen LogP contribution in [-0.2, 0) is 20.8 Å². The largest absolute Gasteiger partial charge is 0.351 e. The van der Waals surface area contributed by atoms with Gasteiger partial charge in [-0.1, -0.05) is 11.6 Å². The summed E-state index contributed by atoms with van der Waals surface area (Å²) >= 11 is 8.97. The Morgan fingerprint density at radius 1 is 1.52 bits per heavy atom. The van der Waals surface area contributed by atoms with E-state index < -0.39 is 26.7 Å². The Kier molecular flexibility index (Phi) is 6.36. The number of rotatable bonds is 5. The first kappa shape index (κ1) is 18.6. The first-order valence-corrected chi connectivity index (χ1v) is 10.00. The second-order valence-electron chi connectivity index (χ2n) is 4.33. The minimum Gasteiger partial charge on any atom is -0.351 e. The quantitative estimate of drug-likeness (QED) is 0.752. The lowest BCUT2D eigenvalue weighted by Crippen LogP contribution is -2.32. The Bertz CT molecular complexity index is 694. The molecule has 10 heteroatoms.